The van der Waals surface area contributed by atoms with Crippen molar-refractivity contribution >= 4 is 5.97 Å². The average Bonchev–Trinajstić information content (AvgIpc) is 2.95. The Morgan fingerprint density at radius 3 is 2.73 bits per heavy atom. The molecular weight excluding hydrogens is 192 g/mol. The Morgan fingerprint density at radius 2 is 2.13 bits per heavy atom. The Balaban J connectivity index is 2.09. The van der Waals surface area contributed by atoms with Gasteiger partial charge in [0.15, 0.2) is 0 Å². The second-order valence-corrected chi connectivity index (χ2v) is 4.13. The van der Waals surface area contributed by atoms with E-state index in [0.717, 1.165) is 24.0 Å². The van der Waals surface area contributed by atoms with Crippen LogP contribution in [0.25, 0.3) is 0 Å². The highest BCUT2D eigenvalue weighted by Crippen LogP contribution is 2.45. The molecule has 3 nitrogen and oxygen atoms in total. The van der Waals surface area contributed by atoms with E-state index in [1.807, 2.05) is 24.3 Å². The molecular formula is C12H14O3. The average molecular weight is 206 g/mol. The van der Waals surface area contributed by atoms with Crippen molar-refractivity contribution < 1.29 is 15.0 Å². The van der Waals surface area contributed by atoms with Gasteiger partial charge in [0.1, 0.15) is 0 Å². The molecule has 80 valence electrons. The summed E-state index contributed by atoms with van der Waals surface area (Å²) in [6.45, 7) is 0. The molecule has 1 aromatic rings. The number of hydrogen-bond acceptors (Lipinski definition) is 2. The maximum Gasteiger partial charge on any atom is 0.303 e. The first-order valence-corrected chi connectivity index (χ1v) is 5.14. The highest BCUT2D eigenvalue weighted by molar-refractivity contribution is 5.67. The molecule has 0 aliphatic heterocycles. The third kappa shape index (κ3) is 2.36. The number of carbonyl (C=O) groups is 1. The van der Waals surface area contributed by atoms with Crippen LogP contribution in [0.1, 0.15) is 30.4 Å². The number of carboxylic acids is 1. The molecule has 0 saturated heterocycles. The minimum atomic E-state index is -0.787. The summed E-state index contributed by atoms with van der Waals surface area (Å²) in [6.07, 6.45) is 2.30. The molecule has 0 spiro atoms. The Hall–Kier alpha value is -1.35. The van der Waals surface area contributed by atoms with Crippen LogP contribution in [0.4, 0.5) is 0 Å². The monoisotopic (exact) mass is 206 g/mol. The summed E-state index contributed by atoms with van der Waals surface area (Å²) < 4.78 is 0. The highest BCUT2D eigenvalue weighted by atomic mass is 16.4. The molecule has 3 heteroatoms. The van der Waals surface area contributed by atoms with E-state index < -0.39 is 11.6 Å². The van der Waals surface area contributed by atoms with Crippen LogP contribution >= 0.6 is 0 Å². The Bertz CT molecular complexity index is 380. The van der Waals surface area contributed by atoms with Crippen LogP contribution in [0.3, 0.4) is 0 Å². The van der Waals surface area contributed by atoms with Crippen molar-refractivity contribution in [3.8, 4) is 0 Å². The third-order valence-corrected chi connectivity index (χ3v) is 2.82. The molecule has 1 aromatic carbocycles. The van der Waals surface area contributed by atoms with Gasteiger partial charge in [0.05, 0.1) is 5.60 Å². The van der Waals surface area contributed by atoms with E-state index >= 15 is 0 Å². The molecule has 1 saturated carbocycles. The maximum absolute atomic E-state index is 10.4. The third-order valence-electron chi connectivity index (χ3n) is 2.82. The lowest BCUT2D eigenvalue weighted by Gasteiger charge is -2.09. The lowest BCUT2D eigenvalue weighted by atomic mass is 10.0. The van der Waals surface area contributed by atoms with Gasteiger partial charge in [-0.2, -0.15) is 0 Å². The summed E-state index contributed by atoms with van der Waals surface area (Å²) in [5, 5.41) is 18.5. The zero-order chi connectivity index (χ0) is 10.9. The molecule has 0 atom stereocenters. The van der Waals surface area contributed by atoms with E-state index in [0.29, 0.717) is 6.42 Å². The Kier molecular flexibility index (Phi) is 2.49. The molecule has 0 heterocycles. The van der Waals surface area contributed by atoms with Crippen LogP contribution in [-0.4, -0.2) is 16.2 Å². The van der Waals surface area contributed by atoms with Crippen molar-refractivity contribution in [1.29, 1.82) is 0 Å². The minimum Gasteiger partial charge on any atom is -0.481 e. The number of carboxylic acid groups (broad SMARTS) is 1. The molecule has 1 aliphatic carbocycles. The van der Waals surface area contributed by atoms with Gasteiger partial charge in [-0.15, -0.1) is 0 Å². The highest BCUT2D eigenvalue weighted by Gasteiger charge is 2.41. The molecule has 2 N–H and O–H groups in total. The summed E-state index contributed by atoms with van der Waals surface area (Å²) in [5.41, 5.74) is 1.28. The number of benzene rings is 1. The van der Waals surface area contributed by atoms with E-state index in [9.17, 15) is 9.90 Å². The lowest BCUT2D eigenvalue weighted by molar-refractivity contribution is -0.136. The van der Waals surface area contributed by atoms with Crippen LogP contribution in [0, 0.1) is 0 Å². The second kappa shape index (κ2) is 3.66. The molecule has 0 unspecified atom stereocenters. The van der Waals surface area contributed by atoms with Crippen LogP contribution in [0.15, 0.2) is 24.3 Å². The summed E-state index contributed by atoms with van der Waals surface area (Å²) >= 11 is 0. The van der Waals surface area contributed by atoms with E-state index in [1.165, 1.54) is 0 Å². The Morgan fingerprint density at radius 1 is 1.40 bits per heavy atom. The van der Waals surface area contributed by atoms with Crippen LogP contribution in [-0.2, 0) is 16.8 Å². The largest absolute Gasteiger partial charge is 0.481 e. The maximum atomic E-state index is 10.4. The zero-order valence-electron chi connectivity index (χ0n) is 8.44. The molecule has 0 amide bonds. The van der Waals surface area contributed by atoms with Crippen molar-refractivity contribution in [2.24, 2.45) is 0 Å². The van der Waals surface area contributed by atoms with E-state index in [2.05, 4.69) is 0 Å². The lowest BCUT2D eigenvalue weighted by Crippen LogP contribution is -2.05. The van der Waals surface area contributed by atoms with Crippen molar-refractivity contribution in [1.82, 2.24) is 0 Å². The fourth-order valence-corrected chi connectivity index (χ4v) is 1.67. The van der Waals surface area contributed by atoms with Gasteiger partial charge in [-0.05, 0) is 30.4 Å². The SMILES string of the molecule is O=C(O)CCc1cccc(C2(O)CC2)c1. The van der Waals surface area contributed by atoms with Crippen molar-refractivity contribution in [2.75, 3.05) is 0 Å². The number of aliphatic hydroxyl groups is 1. The first kappa shape index (κ1) is 10.2. The first-order valence-electron chi connectivity index (χ1n) is 5.14. The number of aryl methyl sites for hydroxylation is 1. The van der Waals surface area contributed by atoms with Crippen molar-refractivity contribution in [3.63, 3.8) is 0 Å². The standard InChI is InChI=1S/C12H14O3/c13-11(14)5-4-9-2-1-3-10(8-9)12(15)6-7-12/h1-3,8,15H,4-7H2,(H,13,14). The van der Waals surface area contributed by atoms with E-state index in [4.69, 9.17) is 5.11 Å². The topological polar surface area (TPSA) is 57.5 Å². The summed E-state index contributed by atoms with van der Waals surface area (Å²) in [5.74, 6) is -0.787. The second-order valence-electron chi connectivity index (χ2n) is 4.13. The molecule has 2 rings (SSSR count). The van der Waals surface area contributed by atoms with Gasteiger partial charge in [-0.3, -0.25) is 4.79 Å². The molecule has 0 aromatic heterocycles. The van der Waals surface area contributed by atoms with Crippen molar-refractivity contribution in [2.45, 2.75) is 31.3 Å². The first-order chi connectivity index (χ1) is 7.10. The molecule has 0 radical (unpaired) electrons. The summed E-state index contributed by atoms with van der Waals surface area (Å²) in [7, 11) is 0. The van der Waals surface area contributed by atoms with Crippen LogP contribution < -0.4 is 0 Å². The predicted molar refractivity (Wildman–Crippen MR) is 55.5 cm³/mol. The summed E-state index contributed by atoms with van der Waals surface area (Å²) in [4.78, 5) is 10.4. The smallest absolute Gasteiger partial charge is 0.303 e. The minimum absolute atomic E-state index is 0.141. The molecule has 1 aliphatic rings. The normalized spacial score (nSPS) is 17.4. The van der Waals surface area contributed by atoms with Crippen molar-refractivity contribution in [3.05, 3.63) is 35.4 Å². The van der Waals surface area contributed by atoms with Gasteiger partial charge < -0.3 is 10.2 Å². The molecule has 1 fully saturated rings. The fourth-order valence-electron chi connectivity index (χ4n) is 1.67. The molecule has 15 heavy (non-hydrogen) atoms. The number of rotatable bonds is 4. The van der Waals surface area contributed by atoms with Gasteiger partial charge in [-0.25, -0.2) is 0 Å². The predicted octanol–water partition coefficient (Wildman–Crippen LogP) is 1.69. The van der Waals surface area contributed by atoms with Gasteiger partial charge in [0.2, 0.25) is 0 Å². The van der Waals surface area contributed by atoms with Crippen LogP contribution in [0.2, 0.25) is 0 Å². The quantitative estimate of drug-likeness (QED) is 0.788. The van der Waals surface area contributed by atoms with Gasteiger partial charge >= 0.3 is 5.97 Å². The number of hydrogen-bond donors (Lipinski definition) is 2. The van der Waals surface area contributed by atoms with Gasteiger partial charge in [0.25, 0.3) is 0 Å². The van der Waals surface area contributed by atoms with Gasteiger partial charge in [0, 0.05) is 6.42 Å². The summed E-state index contributed by atoms with van der Waals surface area (Å²) in [6, 6.07) is 7.59. The van der Waals surface area contributed by atoms with E-state index in [-0.39, 0.29) is 6.42 Å². The van der Waals surface area contributed by atoms with Gasteiger partial charge in [-0.1, -0.05) is 24.3 Å². The zero-order valence-corrected chi connectivity index (χ0v) is 8.44. The van der Waals surface area contributed by atoms with E-state index in [1.54, 1.807) is 0 Å². The fraction of sp³-hybridized carbons (Fsp3) is 0.417. The Labute approximate surface area is 88.4 Å². The molecule has 0 bridgehead atoms. The van der Waals surface area contributed by atoms with Crippen LogP contribution in [0.5, 0.6) is 0 Å². The number of aliphatic carboxylic acids is 1.